The van der Waals surface area contributed by atoms with Gasteiger partial charge >= 0.3 is 5.97 Å². The average Bonchev–Trinajstić information content (AvgIpc) is 3.39. The Kier molecular flexibility index (Phi) is 23.9. The van der Waals surface area contributed by atoms with Gasteiger partial charge in [-0.25, -0.2) is 4.79 Å². The number of hydrogen-bond donors (Lipinski definition) is 3. The summed E-state index contributed by atoms with van der Waals surface area (Å²) in [5, 5.41) is 33.1. The minimum atomic E-state index is -2.49. The van der Waals surface area contributed by atoms with Gasteiger partial charge in [0.2, 0.25) is 5.79 Å². The fourth-order valence-electron chi connectivity index (χ4n) is 11.0. The van der Waals surface area contributed by atoms with Crippen LogP contribution in [0.1, 0.15) is 131 Å². The molecule has 3 fully saturated rings. The molecule has 74 heavy (non-hydrogen) atoms. The Hall–Kier alpha value is -4.33. The summed E-state index contributed by atoms with van der Waals surface area (Å²) in [5.74, 6) is -8.24. The van der Waals surface area contributed by atoms with Crippen molar-refractivity contribution in [3.63, 3.8) is 0 Å². The van der Waals surface area contributed by atoms with Crippen LogP contribution < -0.4 is 0 Å². The number of ether oxygens (including phenoxy) is 6. The molecule has 4 heterocycles. The highest BCUT2D eigenvalue weighted by atomic mass is 16.6. The number of aliphatic hydroxyl groups is 3. The topological polar surface area (TPSA) is 230 Å². The van der Waals surface area contributed by atoms with Gasteiger partial charge < -0.3 is 48.6 Å². The van der Waals surface area contributed by atoms with Gasteiger partial charge in [0.05, 0.1) is 56.1 Å². The number of nitrogens with zero attached hydrogens (tertiary/aromatic N) is 3. The molecule has 1 amide bonds. The lowest BCUT2D eigenvalue weighted by Gasteiger charge is -2.43. The Morgan fingerprint density at radius 3 is 2.35 bits per heavy atom. The normalized spacial score (nSPS) is 34.6. The number of ketones is 3. The van der Waals surface area contributed by atoms with Crippen LogP contribution in [-0.2, 0) is 59.0 Å². The molecule has 412 valence electrons. The highest BCUT2D eigenvalue weighted by Gasteiger charge is 2.53. The fraction of sp³-hybridized carbons (Fsp3) is 0.702. The van der Waals surface area contributed by atoms with E-state index in [4.69, 9.17) is 28.4 Å². The Balaban J connectivity index is 1.48. The standard InChI is InChI=1S/C57H85N3O14/c1-35-15-11-10-12-16-36(2)48(72-34-43-33-58-22-23-59-43)31-44-20-18-41(7)57(68,74-44)54(65)55(66)60-24-14-13-17-45(60)56(67)73-49(38(4)29-42-19-21-47(71-26-25-61)50(30-42)69-8)32-46(62)37(3)28-40(6)52(64)53(70-9)51(63)39(5)27-35/h10-12,15-16,22-23,28,33,35,37-39,41-42,44-45,47-50,52-53,61,64,68H,13-14,17-21,24-27,29-32,34H2,1-9H3/t35-,37-,38-,39-,41-,42+,44+,45+,47-,48?,49+,50-,52-,53+,57-/m1/s1. The predicted molar refractivity (Wildman–Crippen MR) is 276 cm³/mol. The van der Waals surface area contributed by atoms with Gasteiger partial charge in [-0.05, 0) is 107 Å². The summed E-state index contributed by atoms with van der Waals surface area (Å²) >= 11 is 0. The van der Waals surface area contributed by atoms with Gasteiger partial charge in [0, 0.05) is 63.8 Å². The van der Waals surface area contributed by atoms with Crippen molar-refractivity contribution < 1.29 is 67.7 Å². The molecule has 0 aromatic carbocycles. The highest BCUT2D eigenvalue weighted by Crippen LogP contribution is 2.38. The number of carbonyl (C=O) groups is 5. The number of aliphatic hydroxyl groups excluding tert-OH is 2. The molecular formula is C57H85N3O14. The Morgan fingerprint density at radius 1 is 0.878 bits per heavy atom. The predicted octanol–water partition coefficient (Wildman–Crippen LogP) is 6.56. The maximum Gasteiger partial charge on any atom is 0.329 e. The number of piperidine rings is 1. The van der Waals surface area contributed by atoms with Gasteiger partial charge in [0.25, 0.3) is 11.7 Å². The summed E-state index contributed by atoms with van der Waals surface area (Å²) < 4.78 is 36.3. The second-order valence-corrected chi connectivity index (χ2v) is 21.4. The lowest BCUT2D eigenvalue weighted by Crippen LogP contribution is -2.61. The molecule has 4 aliphatic rings. The van der Waals surface area contributed by atoms with E-state index in [2.05, 4.69) is 9.97 Å². The fourth-order valence-corrected chi connectivity index (χ4v) is 11.0. The summed E-state index contributed by atoms with van der Waals surface area (Å²) in [6.07, 6.45) is 16.1. The molecule has 2 bridgehead atoms. The van der Waals surface area contributed by atoms with Gasteiger partial charge in [-0.2, -0.15) is 0 Å². The van der Waals surface area contributed by atoms with Crippen LogP contribution in [-0.4, -0.2) is 148 Å². The number of amides is 1. The van der Waals surface area contributed by atoms with Gasteiger partial charge in [-0.3, -0.25) is 29.1 Å². The van der Waals surface area contributed by atoms with Crippen molar-refractivity contribution in [1.82, 2.24) is 14.9 Å². The van der Waals surface area contributed by atoms with E-state index < -0.39 is 77.8 Å². The zero-order valence-electron chi connectivity index (χ0n) is 45.3. The molecule has 0 spiro atoms. The first kappa shape index (κ1) is 60.5. The van der Waals surface area contributed by atoms with Crippen molar-refractivity contribution in [1.29, 1.82) is 0 Å². The van der Waals surface area contributed by atoms with Crippen molar-refractivity contribution >= 4 is 29.2 Å². The number of esters is 1. The average molecular weight is 1040 g/mol. The Bertz CT molecular complexity index is 2130. The largest absolute Gasteiger partial charge is 0.460 e. The van der Waals surface area contributed by atoms with E-state index in [1.165, 1.54) is 12.0 Å². The number of rotatable bonds is 11. The van der Waals surface area contributed by atoms with E-state index in [1.54, 1.807) is 52.5 Å². The number of fused-ring (bicyclic) bond motifs is 3. The monoisotopic (exact) mass is 1040 g/mol. The van der Waals surface area contributed by atoms with Crippen LogP contribution in [0.3, 0.4) is 0 Å². The first-order chi connectivity index (χ1) is 35.3. The zero-order chi connectivity index (χ0) is 54.1. The third-order valence-electron chi connectivity index (χ3n) is 15.6. The molecule has 1 aliphatic carbocycles. The van der Waals surface area contributed by atoms with Crippen LogP contribution in [0.2, 0.25) is 0 Å². The third kappa shape index (κ3) is 16.6. The van der Waals surface area contributed by atoms with E-state index in [0.717, 1.165) is 12.0 Å². The van der Waals surface area contributed by atoms with Gasteiger partial charge in [0.1, 0.15) is 30.1 Å². The molecule has 3 aliphatic heterocycles. The van der Waals surface area contributed by atoms with Crippen molar-refractivity contribution in [2.24, 2.45) is 35.5 Å². The van der Waals surface area contributed by atoms with Gasteiger partial charge in [0.15, 0.2) is 5.78 Å². The second kappa shape index (κ2) is 29.3. The number of cyclic esters (lactones) is 1. The highest BCUT2D eigenvalue weighted by molar-refractivity contribution is 6.39. The first-order valence-electron chi connectivity index (χ1n) is 26.9. The number of methoxy groups -OCH3 is 2. The number of aromatic nitrogens is 2. The van der Waals surface area contributed by atoms with Crippen molar-refractivity contribution in [2.75, 3.05) is 34.0 Å². The molecule has 17 nitrogen and oxygen atoms in total. The molecule has 1 unspecified atom stereocenters. The maximum absolute atomic E-state index is 14.6. The molecule has 0 radical (unpaired) electrons. The van der Waals surface area contributed by atoms with Crippen molar-refractivity contribution in [3.8, 4) is 0 Å². The number of allylic oxidation sites excluding steroid dienone is 6. The van der Waals surface area contributed by atoms with Crippen LogP contribution >= 0.6 is 0 Å². The first-order valence-corrected chi connectivity index (χ1v) is 26.9. The molecule has 1 saturated carbocycles. The second-order valence-electron chi connectivity index (χ2n) is 21.4. The molecule has 5 rings (SSSR count). The molecule has 17 heteroatoms. The quantitative estimate of drug-likeness (QED) is 0.121. The smallest absolute Gasteiger partial charge is 0.329 e. The lowest BCUT2D eigenvalue weighted by molar-refractivity contribution is -0.266. The van der Waals surface area contributed by atoms with Crippen LogP contribution in [0.25, 0.3) is 0 Å². The molecule has 3 N–H and O–H groups in total. The Labute approximate surface area is 438 Å². The van der Waals surface area contributed by atoms with Crippen LogP contribution in [0.4, 0.5) is 0 Å². The van der Waals surface area contributed by atoms with E-state index in [-0.39, 0.29) is 87.2 Å². The van der Waals surface area contributed by atoms with E-state index >= 15 is 0 Å². The van der Waals surface area contributed by atoms with E-state index in [1.807, 2.05) is 58.1 Å². The van der Waals surface area contributed by atoms with E-state index in [0.29, 0.717) is 62.6 Å². The molecular weight excluding hydrogens is 951 g/mol. The third-order valence-corrected chi connectivity index (χ3v) is 15.6. The summed E-state index contributed by atoms with van der Waals surface area (Å²) in [6, 6.07) is -1.17. The summed E-state index contributed by atoms with van der Waals surface area (Å²) in [4.78, 5) is 81.3. The van der Waals surface area contributed by atoms with Crippen molar-refractivity contribution in [2.45, 2.75) is 187 Å². The maximum atomic E-state index is 14.6. The molecule has 15 atom stereocenters. The zero-order valence-corrected chi connectivity index (χ0v) is 45.3. The summed E-state index contributed by atoms with van der Waals surface area (Å²) in [6.45, 7) is 12.9. The SMILES string of the molecule is CO[C@@H]1C[C@H](C[C@@H](C)[C@@H]2CC(=O)[C@H](C)C=C(C)[C@@H](O)[C@@H](OC)C(=O)[C@H](C)C[C@H](C)C=CC=CC=C(C)C(OCc3cnccn3)C[C@@H]3CC[C@@H](C)[C@@](O)(O3)C(=O)C(=O)N3CCCC[C@H]3C(=O)O2)CC[C@H]1OCCO. The summed E-state index contributed by atoms with van der Waals surface area (Å²) in [5.41, 5.74) is 1.81. The van der Waals surface area contributed by atoms with Gasteiger partial charge in [-0.1, -0.05) is 71.1 Å². The molecule has 2 saturated heterocycles. The minimum absolute atomic E-state index is 0.0154. The molecule has 1 aromatic heterocycles. The van der Waals surface area contributed by atoms with Crippen LogP contribution in [0, 0.1) is 35.5 Å². The van der Waals surface area contributed by atoms with Crippen LogP contribution in [0.15, 0.2) is 66.2 Å². The summed E-state index contributed by atoms with van der Waals surface area (Å²) in [7, 11) is 3.00. The number of Topliss-reactive ketones (excluding diaryl/α,β-unsaturated/α-hetero) is 3. The number of hydrogen-bond acceptors (Lipinski definition) is 16. The lowest BCUT2D eigenvalue weighted by atomic mass is 9.78. The number of carbonyl (C=O) groups excluding carboxylic acids is 5. The van der Waals surface area contributed by atoms with Crippen LogP contribution in [0.5, 0.6) is 0 Å². The van der Waals surface area contributed by atoms with E-state index in [9.17, 15) is 39.3 Å². The molecule has 1 aromatic rings. The minimum Gasteiger partial charge on any atom is -0.460 e. The Morgan fingerprint density at radius 2 is 1.65 bits per heavy atom. The van der Waals surface area contributed by atoms with Crippen molar-refractivity contribution in [3.05, 3.63) is 71.9 Å². The van der Waals surface area contributed by atoms with Gasteiger partial charge in [-0.15, -0.1) is 0 Å².